The van der Waals surface area contributed by atoms with Gasteiger partial charge in [0.1, 0.15) is 11.9 Å². The molecule has 0 radical (unpaired) electrons. The number of esters is 1. The van der Waals surface area contributed by atoms with E-state index < -0.39 is 12.0 Å². The van der Waals surface area contributed by atoms with Crippen LogP contribution in [0.2, 0.25) is 0 Å². The molecule has 1 unspecified atom stereocenters. The number of unbranched alkanes of at least 4 members (excludes halogenated alkanes) is 1. The number of hydrogen-bond acceptors (Lipinski definition) is 9. The van der Waals surface area contributed by atoms with Gasteiger partial charge in [-0.05, 0) is 62.8 Å². The number of nitrogens with zero attached hydrogens (tertiary/aromatic N) is 6. The number of anilines is 2. The number of benzene rings is 1. The Kier molecular flexibility index (Phi) is 9.88. The van der Waals surface area contributed by atoms with Crippen molar-refractivity contribution in [2.45, 2.75) is 70.3 Å². The van der Waals surface area contributed by atoms with Gasteiger partial charge in [0, 0.05) is 38.4 Å². The maximum atomic E-state index is 13.5. The van der Waals surface area contributed by atoms with Crippen molar-refractivity contribution in [2.24, 2.45) is 11.5 Å². The van der Waals surface area contributed by atoms with Crippen LogP contribution in [0.1, 0.15) is 50.5 Å². The highest BCUT2D eigenvalue weighted by Gasteiger charge is 2.28. The van der Waals surface area contributed by atoms with E-state index in [1.165, 1.54) is 29.0 Å². The van der Waals surface area contributed by atoms with E-state index in [9.17, 15) is 14.0 Å². The fourth-order valence-electron chi connectivity index (χ4n) is 5.75. The van der Waals surface area contributed by atoms with Crippen LogP contribution in [-0.2, 0) is 22.8 Å². The minimum absolute atomic E-state index is 0.110. The summed E-state index contributed by atoms with van der Waals surface area (Å²) in [5.41, 5.74) is 12.2. The van der Waals surface area contributed by atoms with Gasteiger partial charge in [-0.25, -0.2) is 18.9 Å². The van der Waals surface area contributed by atoms with E-state index in [2.05, 4.69) is 26.6 Å². The van der Waals surface area contributed by atoms with Crippen molar-refractivity contribution in [3.8, 4) is 0 Å². The van der Waals surface area contributed by atoms with Gasteiger partial charge in [0.25, 0.3) is 5.56 Å². The van der Waals surface area contributed by atoms with Gasteiger partial charge in [-0.2, -0.15) is 0 Å². The van der Waals surface area contributed by atoms with E-state index in [0.717, 1.165) is 73.8 Å². The highest BCUT2D eigenvalue weighted by Crippen LogP contribution is 2.23. The summed E-state index contributed by atoms with van der Waals surface area (Å²) in [6.45, 7) is 2.42. The van der Waals surface area contributed by atoms with Crippen molar-refractivity contribution < 1.29 is 13.9 Å². The number of fused-ring (bicyclic) bond motifs is 1. The smallest absolute Gasteiger partial charge is 0.324 e. The predicted octanol–water partition coefficient (Wildman–Crippen LogP) is 1.04. The van der Waals surface area contributed by atoms with Gasteiger partial charge in [0.15, 0.2) is 6.73 Å². The van der Waals surface area contributed by atoms with Crippen LogP contribution in [0.15, 0.2) is 41.3 Å². The monoisotopic (exact) mass is 592 g/mol. The third kappa shape index (κ3) is 7.14. The number of rotatable bonds is 12. The van der Waals surface area contributed by atoms with Gasteiger partial charge in [0.05, 0.1) is 17.2 Å². The molecule has 4 N–H and O–H groups in total. The molecule has 0 amide bonds. The molecule has 1 saturated heterocycles. The first-order chi connectivity index (χ1) is 20.9. The van der Waals surface area contributed by atoms with E-state index in [4.69, 9.17) is 21.2 Å². The van der Waals surface area contributed by atoms with Gasteiger partial charge in [0.2, 0.25) is 11.9 Å². The number of imidazole rings is 1. The molecule has 1 aliphatic carbocycles. The van der Waals surface area contributed by atoms with Gasteiger partial charge < -0.3 is 30.6 Å². The number of carbonyl (C=O) groups is 1. The number of nitrogens with two attached hydrogens (primary N) is 2. The SMILES string of the molecule is CN(c1nccc(=O)n1COC(=O)C(N)CCCCN)C1CCN(c2nc3c(n2Cc2ccc(F)cc2)=CCCC=3)CC1. The second-order valence-electron chi connectivity index (χ2n) is 11.2. The summed E-state index contributed by atoms with van der Waals surface area (Å²) < 4.78 is 22.6. The number of carbonyl (C=O) groups excluding carboxylic acids is 1. The number of halogens is 1. The lowest BCUT2D eigenvalue weighted by atomic mass is 10.0. The largest absolute Gasteiger partial charge is 0.443 e. The topological polar surface area (TPSA) is 138 Å². The molecule has 230 valence electrons. The zero-order valence-corrected chi connectivity index (χ0v) is 24.7. The van der Waals surface area contributed by atoms with Gasteiger partial charge in [-0.1, -0.05) is 30.7 Å². The van der Waals surface area contributed by atoms with E-state index >= 15 is 0 Å². The first kappa shape index (κ1) is 30.4. The lowest BCUT2D eigenvalue weighted by Crippen LogP contribution is -2.46. The number of hydrogen-bond donors (Lipinski definition) is 2. The van der Waals surface area contributed by atoms with E-state index in [-0.39, 0.29) is 24.1 Å². The first-order valence-electron chi connectivity index (χ1n) is 15.0. The van der Waals surface area contributed by atoms with Crippen LogP contribution >= 0.6 is 0 Å². The summed E-state index contributed by atoms with van der Waals surface area (Å²) in [5.74, 6) is 0.548. The molecule has 0 bridgehead atoms. The minimum atomic E-state index is -0.763. The molecular weight excluding hydrogens is 551 g/mol. The van der Waals surface area contributed by atoms with Crippen LogP contribution in [0.3, 0.4) is 0 Å². The van der Waals surface area contributed by atoms with Crippen molar-refractivity contribution >= 4 is 30.0 Å². The molecule has 2 aromatic heterocycles. The van der Waals surface area contributed by atoms with Crippen molar-refractivity contribution in [2.75, 3.05) is 36.5 Å². The van der Waals surface area contributed by atoms with Gasteiger partial charge in [-0.3, -0.25) is 9.59 Å². The summed E-state index contributed by atoms with van der Waals surface area (Å²) in [6, 6.07) is 7.32. The standard InChI is InChI=1S/C31H41FN8O3/c1-37(30-35-17-13-28(41)40(30)21-43-29(42)25(34)6-4-5-16-33)24-14-18-38(19-15-24)31-36-26-7-2-3-8-27(26)39(31)20-22-9-11-23(32)12-10-22/h7-13,17,24-25H,2-6,14-16,18-21,33-34H2,1H3. The zero-order valence-electron chi connectivity index (χ0n) is 24.7. The highest BCUT2D eigenvalue weighted by molar-refractivity contribution is 5.75. The molecular formula is C31H41FN8O3. The molecule has 1 aliphatic heterocycles. The maximum absolute atomic E-state index is 13.5. The maximum Gasteiger partial charge on any atom is 0.324 e. The average Bonchev–Trinajstić information content (AvgIpc) is 3.39. The second-order valence-corrected chi connectivity index (χ2v) is 11.2. The summed E-state index contributed by atoms with van der Waals surface area (Å²) in [7, 11) is 1.91. The van der Waals surface area contributed by atoms with E-state index in [0.29, 0.717) is 25.5 Å². The van der Waals surface area contributed by atoms with Gasteiger partial charge >= 0.3 is 5.97 Å². The Labute approximate surface area is 250 Å². The van der Waals surface area contributed by atoms with Crippen LogP contribution in [0.4, 0.5) is 16.3 Å². The Morgan fingerprint density at radius 2 is 1.86 bits per heavy atom. The molecule has 12 heteroatoms. The Bertz CT molecular complexity index is 1580. The fourth-order valence-corrected chi connectivity index (χ4v) is 5.75. The summed E-state index contributed by atoms with van der Waals surface area (Å²) in [6.07, 6.45) is 11.4. The number of aromatic nitrogens is 4. The molecule has 1 atom stereocenters. The molecule has 0 spiro atoms. The summed E-state index contributed by atoms with van der Waals surface area (Å²) >= 11 is 0. The molecule has 5 rings (SSSR count). The Morgan fingerprint density at radius 1 is 1.12 bits per heavy atom. The first-order valence-corrected chi connectivity index (χ1v) is 15.0. The van der Waals surface area contributed by atoms with E-state index in [1.807, 2.05) is 24.1 Å². The highest BCUT2D eigenvalue weighted by atomic mass is 19.1. The Morgan fingerprint density at radius 3 is 2.60 bits per heavy atom. The van der Waals surface area contributed by atoms with Gasteiger partial charge in [-0.15, -0.1) is 0 Å². The molecule has 0 saturated carbocycles. The molecule has 1 fully saturated rings. The lowest BCUT2D eigenvalue weighted by Gasteiger charge is -2.38. The molecule has 3 heterocycles. The zero-order chi connectivity index (χ0) is 30.3. The molecule has 1 aromatic carbocycles. The summed E-state index contributed by atoms with van der Waals surface area (Å²) in [4.78, 5) is 39.0. The minimum Gasteiger partial charge on any atom is -0.443 e. The summed E-state index contributed by atoms with van der Waals surface area (Å²) in [5, 5.41) is 2.10. The molecule has 3 aromatic rings. The lowest BCUT2D eigenvalue weighted by molar-refractivity contribution is -0.149. The van der Waals surface area contributed by atoms with Crippen LogP contribution in [-0.4, -0.2) is 63.8 Å². The van der Waals surface area contributed by atoms with Crippen LogP contribution in [0, 0.1) is 5.82 Å². The van der Waals surface area contributed by atoms with Crippen molar-refractivity contribution in [1.29, 1.82) is 0 Å². The fraction of sp³-hybridized carbons (Fsp3) is 0.484. The predicted molar refractivity (Wildman–Crippen MR) is 164 cm³/mol. The van der Waals surface area contributed by atoms with E-state index in [1.54, 1.807) is 0 Å². The third-order valence-corrected chi connectivity index (χ3v) is 8.24. The molecule has 43 heavy (non-hydrogen) atoms. The average molecular weight is 593 g/mol. The van der Waals surface area contributed by atoms with Crippen molar-refractivity contribution in [3.05, 3.63) is 69.0 Å². The van der Waals surface area contributed by atoms with Crippen molar-refractivity contribution in [3.63, 3.8) is 0 Å². The van der Waals surface area contributed by atoms with Crippen LogP contribution < -0.4 is 37.5 Å². The quantitative estimate of drug-likeness (QED) is 0.233. The number of ether oxygens (including phenoxy) is 1. The molecule has 2 aliphatic rings. The Hall–Kier alpha value is -4.03. The van der Waals surface area contributed by atoms with Crippen LogP contribution in [0.5, 0.6) is 0 Å². The normalized spacial score (nSPS) is 15.8. The van der Waals surface area contributed by atoms with Crippen LogP contribution in [0.25, 0.3) is 12.2 Å². The number of piperidine rings is 1. The second kappa shape index (κ2) is 14.0. The molecule has 11 nitrogen and oxygen atoms in total. The van der Waals surface area contributed by atoms with Crippen molar-refractivity contribution in [1.82, 2.24) is 19.1 Å². The Balaban J connectivity index is 1.27. The third-order valence-electron chi connectivity index (χ3n) is 8.24.